The number of methoxy groups -OCH3 is 1. The number of hydrazone groups is 1. The van der Waals surface area contributed by atoms with Crippen molar-refractivity contribution < 1.29 is 14.6 Å². The van der Waals surface area contributed by atoms with E-state index in [1.807, 2.05) is 0 Å². The molecule has 7 heteroatoms. The Labute approximate surface area is 118 Å². The molecule has 0 spiro atoms. The van der Waals surface area contributed by atoms with Gasteiger partial charge in [-0.05, 0) is 26.2 Å². The van der Waals surface area contributed by atoms with Crippen molar-refractivity contribution >= 4 is 24.5 Å². The number of ether oxygens (including phenoxy) is 1. The van der Waals surface area contributed by atoms with E-state index in [2.05, 4.69) is 10.5 Å². The molecule has 0 bridgehead atoms. The summed E-state index contributed by atoms with van der Waals surface area (Å²) in [7, 11) is 5.04. The summed E-state index contributed by atoms with van der Waals surface area (Å²) in [5.74, 6) is 0.128. The fourth-order valence-corrected chi connectivity index (χ4v) is 1.30. The lowest BCUT2D eigenvalue weighted by atomic mass is 10.2. The number of phenols is 1. The highest BCUT2D eigenvalue weighted by Gasteiger charge is 2.05. The number of nitrogens with zero attached hydrogens (tertiary/aromatic N) is 2. The summed E-state index contributed by atoms with van der Waals surface area (Å²) in [6.45, 7) is 0.251. The number of hydrogen-bond acceptors (Lipinski definition) is 5. The molecule has 2 N–H and O–H groups in total. The van der Waals surface area contributed by atoms with E-state index in [0.717, 1.165) is 0 Å². The van der Waals surface area contributed by atoms with Crippen LogP contribution in [0.1, 0.15) is 5.56 Å². The van der Waals surface area contributed by atoms with Crippen LogP contribution >= 0.6 is 12.4 Å². The third kappa shape index (κ3) is 5.58. The number of carbonyl (C=O) groups is 1. The number of aromatic hydroxyl groups is 1. The third-order valence-electron chi connectivity index (χ3n) is 2.10. The summed E-state index contributed by atoms with van der Waals surface area (Å²) in [5.41, 5.74) is 2.84. The Hall–Kier alpha value is -1.79. The number of nitrogens with one attached hydrogen (secondary N) is 1. The minimum Gasteiger partial charge on any atom is -0.504 e. The number of rotatable bonds is 5. The van der Waals surface area contributed by atoms with Crippen LogP contribution in [0.25, 0.3) is 0 Å². The summed E-state index contributed by atoms with van der Waals surface area (Å²) in [6, 6.07) is 5.03. The Morgan fingerprint density at radius 3 is 2.79 bits per heavy atom. The molecule has 0 saturated carbocycles. The molecule has 1 aromatic rings. The molecule has 0 aliphatic carbocycles. The predicted molar refractivity (Wildman–Crippen MR) is 76.2 cm³/mol. The molecule has 0 aliphatic rings. The van der Waals surface area contributed by atoms with Gasteiger partial charge in [0.2, 0.25) is 0 Å². The molecular weight excluding hydrogens is 270 g/mol. The van der Waals surface area contributed by atoms with Crippen LogP contribution in [0.15, 0.2) is 23.3 Å². The number of para-hydroxylation sites is 1. The van der Waals surface area contributed by atoms with E-state index >= 15 is 0 Å². The van der Waals surface area contributed by atoms with Gasteiger partial charge in [0.25, 0.3) is 5.91 Å². The van der Waals surface area contributed by atoms with E-state index < -0.39 is 0 Å². The van der Waals surface area contributed by atoms with E-state index in [9.17, 15) is 9.90 Å². The van der Waals surface area contributed by atoms with Crippen molar-refractivity contribution in [1.82, 2.24) is 10.3 Å². The summed E-state index contributed by atoms with van der Waals surface area (Å²) < 4.78 is 4.96. The Morgan fingerprint density at radius 1 is 1.53 bits per heavy atom. The molecule has 1 amide bonds. The molecule has 1 rings (SSSR count). The zero-order valence-electron chi connectivity index (χ0n) is 11.1. The first-order chi connectivity index (χ1) is 8.54. The molecular formula is C12H18ClN3O3. The van der Waals surface area contributed by atoms with E-state index in [1.54, 1.807) is 37.2 Å². The highest BCUT2D eigenvalue weighted by molar-refractivity contribution is 5.86. The Kier molecular flexibility index (Phi) is 7.55. The largest absolute Gasteiger partial charge is 0.504 e. The average Bonchev–Trinajstić information content (AvgIpc) is 2.30. The fraction of sp³-hybridized carbons (Fsp3) is 0.333. The van der Waals surface area contributed by atoms with Crippen molar-refractivity contribution in [2.45, 2.75) is 0 Å². The van der Waals surface area contributed by atoms with Crippen molar-refractivity contribution in [3.05, 3.63) is 23.8 Å². The first-order valence-electron chi connectivity index (χ1n) is 5.37. The number of hydrogen-bond donors (Lipinski definition) is 2. The standard InChI is InChI=1S/C12H17N3O3.ClH/c1-15(2)8-11(16)14-13-7-9-5-4-6-10(18-3)12(9)17;/h4-7,17H,8H2,1-3H3,(H,14,16);1H/b13-7+;. The first-order valence-corrected chi connectivity index (χ1v) is 5.37. The maximum absolute atomic E-state index is 11.3. The molecule has 0 fully saturated rings. The van der Waals surface area contributed by atoms with Gasteiger partial charge in [0.15, 0.2) is 11.5 Å². The van der Waals surface area contributed by atoms with Gasteiger partial charge in [-0.2, -0.15) is 5.10 Å². The van der Waals surface area contributed by atoms with Gasteiger partial charge in [-0.1, -0.05) is 6.07 Å². The molecule has 0 aliphatic heterocycles. The van der Waals surface area contributed by atoms with E-state index in [4.69, 9.17) is 4.74 Å². The molecule has 0 aromatic heterocycles. The number of halogens is 1. The maximum Gasteiger partial charge on any atom is 0.254 e. The van der Waals surface area contributed by atoms with Crippen molar-refractivity contribution in [1.29, 1.82) is 0 Å². The van der Waals surface area contributed by atoms with Gasteiger partial charge in [-0.25, -0.2) is 5.43 Å². The van der Waals surface area contributed by atoms with E-state index in [0.29, 0.717) is 11.3 Å². The van der Waals surface area contributed by atoms with Gasteiger partial charge < -0.3 is 14.7 Å². The van der Waals surface area contributed by atoms with Crippen molar-refractivity contribution in [2.24, 2.45) is 5.10 Å². The summed E-state index contributed by atoms with van der Waals surface area (Å²) >= 11 is 0. The van der Waals surface area contributed by atoms with Gasteiger partial charge in [0, 0.05) is 5.56 Å². The molecule has 0 heterocycles. The van der Waals surface area contributed by atoms with Crippen LogP contribution < -0.4 is 10.2 Å². The minimum absolute atomic E-state index is 0. The number of likely N-dealkylation sites (N-methyl/N-ethyl adjacent to an activating group) is 1. The third-order valence-corrected chi connectivity index (χ3v) is 2.10. The smallest absolute Gasteiger partial charge is 0.254 e. The second kappa shape index (κ2) is 8.34. The topological polar surface area (TPSA) is 74.2 Å². The Balaban J connectivity index is 0.00000324. The molecule has 6 nitrogen and oxygen atoms in total. The lowest BCUT2D eigenvalue weighted by Crippen LogP contribution is -2.30. The Bertz CT molecular complexity index is 450. The zero-order chi connectivity index (χ0) is 13.5. The number of carbonyl (C=O) groups excluding carboxylic acids is 1. The van der Waals surface area contributed by atoms with Crippen LogP contribution in [0.5, 0.6) is 11.5 Å². The zero-order valence-corrected chi connectivity index (χ0v) is 11.9. The average molecular weight is 288 g/mol. The second-order valence-corrected chi connectivity index (χ2v) is 3.93. The lowest BCUT2D eigenvalue weighted by molar-refractivity contribution is -0.121. The second-order valence-electron chi connectivity index (χ2n) is 3.93. The lowest BCUT2D eigenvalue weighted by Gasteiger charge is -2.07. The molecule has 0 unspecified atom stereocenters. The van der Waals surface area contributed by atoms with E-state index in [1.165, 1.54) is 13.3 Å². The molecule has 19 heavy (non-hydrogen) atoms. The van der Waals surface area contributed by atoms with Gasteiger partial charge in [0.1, 0.15) is 0 Å². The van der Waals surface area contributed by atoms with Crippen molar-refractivity contribution in [3.63, 3.8) is 0 Å². The normalized spacial score (nSPS) is 10.3. The predicted octanol–water partition coefficient (Wildman–Crippen LogP) is 0.834. The van der Waals surface area contributed by atoms with Gasteiger partial charge in [0.05, 0.1) is 19.9 Å². The van der Waals surface area contributed by atoms with Crippen LogP contribution in [0, 0.1) is 0 Å². The molecule has 1 aromatic carbocycles. The van der Waals surface area contributed by atoms with Gasteiger partial charge >= 0.3 is 0 Å². The highest BCUT2D eigenvalue weighted by Crippen LogP contribution is 2.27. The fourth-order valence-electron chi connectivity index (χ4n) is 1.30. The van der Waals surface area contributed by atoms with Crippen LogP contribution in [0.3, 0.4) is 0 Å². The van der Waals surface area contributed by atoms with Gasteiger partial charge in [-0.15, -0.1) is 12.4 Å². The van der Waals surface area contributed by atoms with Crippen LogP contribution in [0.2, 0.25) is 0 Å². The van der Waals surface area contributed by atoms with E-state index in [-0.39, 0.29) is 30.6 Å². The maximum atomic E-state index is 11.3. The minimum atomic E-state index is -0.223. The molecule has 106 valence electrons. The monoisotopic (exact) mass is 287 g/mol. The summed E-state index contributed by atoms with van der Waals surface area (Å²) in [5, 5.41) is 13.5. The summed E-state index contributed by atoms with van der Waals surface area (Å²) in [6.07, 6.45) is 1.37. The van der Waals surface area contributed by atoms with Crippen molar-refractivity contribution in [2.75, 3.05) is 27.7 Å². The van der Waals surface area contributed by atoms with Gasteiger partial charge in [-0.3, -0.25) is 4.79 Å². The van der Waals surface area contributed by atoms with Crippen LogP contribution in [0.4, 0.5) is 0 Å². The number of benzene rings is 1. The van der Waals surface area contributed by atoms with Crippen LogP contribution in [-0.2, 0) is 4.79 Å². The molecule has 0 saturated heterocycles. The SMILES string of the molecule is COc1cccc(/C=N/NC(=O)CN(C)C)c1O.Cl. The number of phenolic OH excluding ortho intramolecular Hbond substituents is 1. The quantitative estimate of drug-likeness (QED) is 0.621. The summed E-state index contributed by atoms with van der Waals surface area (Å²) in [4.78, 5) is 13.0. The molecule has 0 radical (unpaired) electrons. The Morgan fingerprint density at radius 2 is 2.21 bits per heavy atom. The molecule has 0 atom stereocenters. The van der Waals surface area contributed by atoms with Crippen molar-refractivity contribution in [3.8, 4) is 11.5 Å². The first kappa shape index (κ1) is 17.2. The van der Waals surface area contributed by atoms with Crippen LogP contribution in [-0.4, -0.2) is 49.9 Å². The highest BCUT2D eigenvalue weighted by atomic mass is 35.5. The number of amides is 1.